The van der Waals surface area contributed by atoms with Gasteiger partial charge in [-0.15, -0.1) is 0 Å². The third kappa shape index (κ3) is 4.28. The van der Waals surface area contributed by atoms with Gasteiger partial charge < -0.3 is 4.90 Å². The molecule has 1 saturated heterocycles. The number of halogens is 1. The summed E-state index contributed by atoms with van der Waals surface area (Å²) in [4.78, 5) is 24.1. The topological polar surface area (TPSA) is 50.5 Å². The Hall–Kier alpha value is -2.14. The highest BCUT2D eigenvalue weighted by atomic mass is 35.5. The minimum absolute atomic E-state index is 0.0112. The Morgan fingerprint density at radius 1 is 1.24 bits per heavy atom. The second kappa shape index (κ2) is 7.83. The molecule has 0 unspecified atom stereocenters. The van der Waals surface area contributed by atoms with Crippen LogP contribution in [0.15, 0.2) is 47.7 Å². The van der Waals surface area contributed by atoms with Crippen molar-refractivity contribution >= 4 is 23.3 Å². The molecule has 0 aliphatic carbocycles. The van der Waals surface area contributed by atoms with E-state index >= 15 is 0 Å². The molecule has 0 amide bonds. The first-order chi connectivity index (χ1) is 12.0. The van der Waals surface area contributed by atoms with Crippen LogP contribution in [0.25, 0.3) is 0 Å². The summed E-state index contributed by atoms with van der Waals surface area (Å²) in [7, 11) is 0. The van der Waals surface area contributed by atoms with Crippen molar-refractivity contribution in [3.8, 4) is 0 Å². The summed E-state index contributed by atoms with van der Waals surface area (Å²) in [6, 6.07) is 9.62. The molecule has 0 atom stereocenters. The average molecular weight is 359 g/mol. The lowest BCUT2D eigenvalue weighted by Crippen LogP contribution is -2.40. The second-order valence-electron chi connectivity index (χ2n) is 6.59. The number of pyridine rings is 2. The Morgan fingerprint density at radius 3 is 2.64 bits per heavy atom. The maximum Gasteiger partial charge on any atom is 0.235 e. The second-order valence-corrected chi connectivity index (χ2v) is 7.02. The Kier molecular flexibility index (Phi) is 5.53. The van der Waals surface area contributed by atoms with Crippen LogP contribution in [-0.2, 0) is 0 Å². The zero-order valence-corrected chi connectivity index (χ0v) is 15.4. The molecule has 0 aromatic carbocycles. The van der Waals surface area contributed by atoms with E-state index in [1.54, 1.807) is 10.8 Å². The molecule has 132 valence electrons. The zero-order chi connectivity index (χ0) is 17.8. The molecule has 6 heteroatoms. The van der Waals surface area contributed by atoms with Crippen LogP contribution < -0.4 is 10.4 Å². The number of anilines is 1. The summed E-state index contributed by atoms with van der Waals surface area (Å²) in [6.07, 6.45) is 5.10. The van der Waals surface area contributed by atoms with E-state index in [1.807, 2.05) is 50.4 Å². The lowest BCUT2D eigenvalue weighted by molar-refractivity contribution is 0.0807. The van der Waals surface area contributed by atoms with Crippen molar-refractivity contribution in [2.45, 2.75) is 32.7 Å². The molecule has 1 fully saturated rings. The number of carbonyl (C=O) groups is 1. The Morgan fingerprint density at radius 2 is 2.00 bits per heavy atom. The maximum absolute atomic E-state index is 12.9. The van der Waals surface area contributed by atoms with E-state index in [1.165, 1.54) is 0 Å². The SMILES string of the molecule is CC(C)N=c1ccccn1C(=O)C1CCN(c2ccc(Cl)cn2)CC1. The van der Waals surface area contributed by atoms with Crippen LogP contribution in [0.5, 0.6) is 0 Å². The predicted octanol–water partition coefficient (Wildman–Crippen LogP) is 3.40. The quantitative estimate of drug-likeness (QED) is 0.844. The normalized spacial score (nSPS) is 16.5. The molecule has 3 rings (SSSR count). The number of carbonyl (C=O) groups excluding carboxylic acids is 1. The van der Waals surface area contributed by atoms with E-state index in [2.05, 4.69) is 14.9 Å². The van der Waals surface area contributed by atoms with E-state index in [0.29, 0.717) is 5.02 Å². The first-order valence-corrected chi connectivity index (χ1v) is 9.04. The van der Waals surface area contributed by atoms with E-state index in [4.69, 9.17) is 11.6 Å². The fraction of sp³-hybridized carbons (Fsp3) is 0.421. The lowest BCUT2D eigenvalue weighted by atomic mass is 9.95. The Labute approximate surface area is 153 Å². The van der Waals surface area contributed by atoms with Gasteiger partial charge in [-0.1, -0.05) is 17.7 Å². The highest BCUT2D eigenvalue weighted by Gasteiger charge is 2.26. The van der Waals surface area contributed by atoms with Crippen molar-refractivity contribution in [3.05, 3.63) is 53.2 Å². The van der Waals surface area contributed by atoms with Gasteiger partial charge >= 0.3 is 0 Å². The fourth-order valence-electron chi connectivity index (χ4n) is 3.10. The van der Waals surface area contributed by atoms with Gasteiger partial charge in [-0.25, -0.2) is 4.98 Å². The molecule has 0 N–H and O–H groups in total. The number of hydrogen-bond donors (Lipinski definition) is 0. The van der Waals surface area contributed by atoms with Crippen LogP contribution in [-0.4, -0.2) is 34.6 Å². The van der Waals surface area contributed by atoms with Crippen LogP contribution in [0.4, 0.5) is 5.82 Å². The Balaban J connectivity index is 1.71. The molecular weight excluding hydrogens is 336 g/mol. The molecule has 1 aliphatic rings. The van der Waals surface area contributed by atoms with Gasteiger partial charge in [0.1, 0.15) is 11.3 Å². The number of nitrogens with zero attached hydrogens (tertiary/aromatic N) is 4. The molecule has 0 bridgehead atoms. The molecule has 0 radical (unpaired) electrons. The minimum atomic E-state index is 0.0112. The predicted molar refractivity (Wildman–Crippen MR) is 99.9 cm³/mol. The summed E-state index contributed by atoms with van der Waals surface area (Å²) >= 11 is 5.90. The summed E-state index contributed by atoms with van der Waals surface area (Å²) in [5, 5.41) is 0.635. The fourth-order valence-corrected chi connectivity index (χ4v) is 3.21. The molecule has 2 aromatic heterocycles. The van der Waals surface area contributed by atoms with Gasteiger partial charge in [0.15, 0.2) is 0 Å². The van der Waals surface area contributed by atoms with Crippen LogP contribution in [0.1, 0.15) is 31.5 Å². The zero-order valence-electron chi connectivity index (χ0n) is 14.6. The first kappa shape index (κ1) is 17.7. The maximum atomic E-state index is 12.9. The van der Waals surface area contributed by atoms with Gasteiger partial charge in [-0.05, 0) is 51.0 Å². The smallest absolute Gasteiger partial charge is 0.235 e. The average Bonchev–Trinajstić information content (AvgIpc) is 2.62. The molecule has 2 aromatic rings. The largest absolute Gasteiger partial charge is 0.357 e. The molecule has 3 heterocycles. The van der Waals surface area contributed by atoms with E-state index < -0.39 is 0 Å². The highest BCUT2D eigenvalue weighted by Crippen LogP contribution is 2.23. The van der Waals surface area contributed by atoms with Crippen LogP contribution in [0.3, 0.4) is 0 Å². The summed E-state index contributed by atoms with van der Waals surface area (Å²) in [5.74, 6) is 1.05. The number of rotatable bonds is 3. The summed E-state index contributed by atoms with van der Waals surface area (Å²) in [6.45, 7) is 5.66. The molecule has 0 saturated carbocycles. The monoisotopic (exact) mass is 358 g/mol. The van der Waals surface area contributed by atoms with Crippen molar-refractivity contribution in [3.63, 3.8) is 0 Å². The van der Waals surface area contributed by atoms with Gasteiger partial charge in [0, 0.05) is 37.4 Å². The molecule has 5 nitrogen and oxygen atoms in total. The molecular formula is C19H23ClN4O. The van der Waals surface area contributed by atoms with Gasteiger partial charge in [-0.2, -0.15) is 0 Å². The third-order valence-corrected chi connectivity index (χ3v) is 4.57. The third-order valence-electron chi connectivity index (χ3n) is 4.35. The van der Waals surface area contributed by atoms with Crippen molar-refractivity contribution < 1.29 is 4.79 Å². The number of aromatic nitrogens is 2. The van der Waals surface area contributed by atoms with Crippen LogP contribution >= 0.6 is 11.6 Å². The summed E-state index contributed by atoms with van der Waals surface area (Å²) in [5.41, 5.74) is 0.726. The summed E-state index contributed by atoms with van der Waals surface area (Å²) < 4.78 is 1.70. The highest BCUT2D eigenvalue weighted by molar-refractivity contribution is 6.30. The van der Waals surface area contributed by atoms with Crippen molar-refractivity contribution in [1.29, 1.82) is 0 Å². The first-order valence-electron chi connectivity index (χ1n) is 8.67. The van der Waals surface area contributed by atoms with E-state index in [9.17, 15) is 4.79 Å². The molecule has 25 heavy (non-hydrogen) atoms. The van der Waals surface area contributed by atoms with Crippen molar-refractivity contribution in [1.82, 2.24) is 9.55 Å². The van der Waals surface area contributed by atoms with Gasteiger partial charge in [0.05, 0.1) is 5.02 Å². The lowest BCUT2D eigenvalue weighted by Gasteiger charge is -2.32. The number of hydrogen-bond acceptors (Lipinski definition) is 4. The van der Waals surface area contributed by atoms with Gasteiger partial charge in [0.2, 0.25) is 5.91 Å². The Bertz CT molecular complexity index is 790. The van der Waals surface area contributed by atoms with Gasteiger partial charge in [-0.3, -0.25) is 14.4 Å². The molecule has 0 spiro atoms. The minimum Gasteiger partial charge on any atom is -0.357 e. The number of piperidine rings is 1. The van der Waals surface area contributed by atoms with Crippen molar-refractivity contribution in [2.24, 2.45) is 10.9 Å². The van der Waals surface area contributed by atoms with Crippen LogP contribution in [0, 0.1) is 5.92 Å². The van der Waals surface area contributed by atoms with E-state index in [-0.39, 0.29) is 17.9 Å². The van der Waals surface area contributed by atoms with Crippen molar-refractivity contribution in [2.75, 3.05) is 18.0 Å². The van der Waals surface area contributed by atoms with Gasteiger partial charge in [0.25, 0.3) is 0 Å². The van der Waals surface area contributed by atoms with E-state index in [0.717, 1.165) is 37.2 Å². The van der Waals surface area contributed by atoms with Crippen LogP contribution in [0.2, 0.25) is 5.02 Å². The standard InChI is InChI=1S/C19H23ClN4O/c1-14(2)22-18-5-3-4-10-24(18)19(25)15-8-11-23(12-9-15)17-7-6-16(20)13-21-17/h3-7,10,13-15H,8-9,11-12H2,1-2H3. The molecule has 1 aliphatic heterocycles.